The van der Waals surface area contributed by atoms with Crippen molar-refractivity contribution >= 4 is 34.8 Å². The fraction of sp³-hybridized carbons (Fsp3) is 0.0833. The molecule has 2 nitrogen and oxygen atoms in total. The second-order valence-corrected chi connectivity index (χ2v) is 7.58. The number of hydrogen-bond donors (Lipinski definition) is 0. The Morgan fingerprint density at radius 2 is 1.48 bits per heavy atom. The molecule has 0 N–H and O–H groups in total. The van der Waals surface area contributed by atoms with Crippen molar-refractivity contribution in [3.8, 4) is 11.1 Å². The minimum absolute atomic E-state index is 1.01. The van der Waals surface area contributed by atoms with Crippen LogP contribution in [0.5, 0.6) is 0 Å². The predicted molar refractivity (Wildman–Crippen MR) is 113 cm³/mol. The molecular weight excluding hydrogens is 348 g/mol. The second-order valence-electron chi connectivity index (χ2n) is 6.55. The zero-order chi connectivity index (χ0) is 18.1. The molecule has 0 saturated carbocycles. The van der Waals surface area contributed by atoms with Crippen LogP contribution in [0.15, 0.2) is 83.0 Å². The molecule has 4 aromatic rings. The molecule has 0 bridgehead atoms. The SMILES string of the molecule is C1=c2c(Sc3ccccn3)c3cccnc3c(-c3ccccc3)c2=CCC1. The van der Waals surface area contributed by atoms with Gasteiger partial charge in [0.15, 0.2) is 0 Å². The molecule has 0 amide bonds. The van der Waals surface area contributed by atoms with E-state index in [1.807, 2.05) is 30.6 Å². The predicted octanol–water partition coefficient (Wildman–Crippen LogP) is 4.80. The van der Waals surface area contributed by atoms with Gasteiger partial charge in [0, 0.05) is 28.2 Å². The molecule has 0 saturated heterocycles. The summed E-state index contributed by atoms with van der Waals surface area (Å²) in [5.74, 6) is 0. The van der Waals surface area contributed by atoms with E-state index in [-0.39, 0.29) is 0 Å². The molecule has 3 heteroatoms. The highest BCUT2D eigenvalue weighted by Crippen LogP contribution is 2.32. The summed E-state index contributed by atoms with van der Waals surface area (Å²) >= 11 is 1.73. The molecule has 0 aliphatic heterocycles. The van der Waals surface area contributed by atoms with Crippen LogP contribution in [0.1, 0.15) is 12.8 Å². The van der Waals surface area contributed by atoms with Gasteiger partial charge in [-0.2, -0.15) is 0 Å². The van der Waals surface area contributed by atoms with Gasteiger partial charge in [-0.05, 0) is 47.0 Å². The van der Waals surface area contributed by atoms with Crippen LogP contribution in [-0.4, -0.2) is 9.97 Å². The van der Waals surface area contributed by atoms with Crippen molar-refractivity contribution < 1.29 is 0 Å². The van der Waals surface area contributed by atoms with Gasteiger partial charge in [-0.15, -0.1) is 0 Å². The molecule has 130 valence electrons. The van der Waals surface area contributed by atoms with Crippen LogP contribution in [-0.2, 0) is 0 Å². The number of aromatic nitrogens is 2. The lowest BCUT2D eigenvalue weighted by atomic mass is 9.94. The third-order valence-electron chi connectivity index (χ3n) is 4.86. The highest BCUT2D eigenvalue weighted by atomic mass is 32.2. The Bertz CT molecular complexity index is 1230. The van der Waals surface area contributed by atoms with Crippen LogP contribution in [0.2, 0.25) is 0 Å². The topological polar surface area (TPSA) is 25.8 Å². The van der Waals surface area contributed by atoms with E-state index in [9.17, 15) is 0 Å². The van der Waals surface area contributed by atoms with Gasteiger partial charge < -0.3 is 0 Å². The molecule has 0 unspecified atom stereocenters. The van der Waals surface area contributed by atoms with Crippen molar-refractivity contribution in [3.63, 3.8) is 0 Å². The maximum Gasteiger partial charge on any atom is 0.101 e. The number of nitrogens with zero attached hydrogens (tertiary/aromatic N) is 2. The summed E-state index contributed by atoms with van der Waals surface area (Å²) in [6.45, 7) is 0. The highest BCUT2D eigenvalue weighted by molar-refractivity contribution is 7.99. The number of fused-ring (bicyclic) bond motifs is 2. The fourth-order valence-electron chi connectivity index (χ4n) is 3.71. The summed E-state index contributed by atoms with van der Waals surface area (Å²) in [6, 6.07) is 20.9. The van der Waals surface area contributed by atoms with Gasteiger partial charge in [-0.25, -0.2) is 4.98 Å². The molecule has 2 aromatic carbocycles. The quantitative estimate of drug-likeness (QED) is 0.521. The summed E-state index contributed by atoms with van der Waals surface area (Å²) < 4.78 is 0. The molecule has 0 atom stereocenters. The lowest BCUT2D eigenvalue weighted by molar-refractivity contribution is 1.10. The van der Waals surface area contributed by atoms with Crippen molar-refractivity contribution in [1.29, 1.82) is 0 Å². The molecule has 2 heterocycles. The first kappa shape index (κ1) is 16.3. The minimum Gasteiger partial charge on any atom is -0.256 e. The summed E-state index contributed by atoms with van der Waals surface area (Å²) in [7, 11) is 0. The van der Waals surface area contributed by atoms with Crippen LogP contribution in [0, 0.1) is 0 Å². The Labute approximate surface area is 162 Å². The van der Waals surface area contributed by atoms with E-state index in [2.05, 4.69) is 59.6 Å². The van der Waals surface area contributed by atoms with Crippen molar-refractivity contribution in [2.75, 3.05) is 0 Å². The summed E-state index contributed by atoms with van der Waals surface area (Å²) in [5.41, 5.74) is 3.52. The molecule has 1 aliphatic carbocycles. The van der Waals surface area contributed by atoms with E-state index < -0.39 is 0 Å². The van der Waals surface area contributed by atoms with E-state index in [0.29, 0.717) is 0 Å². The van der Waals surface area contributed by atoms with E-state index >= 15 is 0 Å². The minimum atomic E-state index is 1.01. The van der Waals surface area contributed by atoms with Crippen LogP contribution in [0.4, 0.5) is 0 Å². The first-order valence-electron chi connectivity index (χ1n) is 9.17. The van der Waals surface area contributed by atoms with Crippen molar-refractivity contribution in [2.24, 2.45) is 0 Å². The van der Waals surface area contributed by atoms with Crippen LogP contribution < -0.4 is 10.4 Å². The largest absolute Gasteiger partial charge is 0.256 e. The van der Waals surface area contributed by atoms with E-state index in [1.54, 1.807) is 11.8 Å². The molecule has 5 rings (SSSR count). The number of benzene rings is 2. The van der Waals surface area contributed by atoms with E-state index in [0.717, 1.165) is 23.4 Å². The average Bonchev–Trinajstić information content (AvgIpc) is 2.75. The Morgan fingerprint density at radius 1 is 0.704 bits per heavy atom. The van der Waals surface area contributed by atoms with Crippen LogP contribution >= 0.6 is 11.8 Å². The molecule has 1 aliphatic rings. The van der Waals surface area contributed by atoms with E-state index in [4.69, 9.17) is 4.98 Å². The third-order valence-corrected chi connectivity index (χ3v) is 5.96. The number of rotatable bonds is 3. The second kappa shape index (κ2) is 7.01. The molecule has 0 fully saturated rings. The standard InChI is InChI=1S/C24H18N2S/c1-2-9-17(10-3-1)22-18-11-4-5-12-19(18)24(20-13-8-16-26-23(20)22)27-21-14-6-7-15-25-21/h1-3,6-16H,4-5H2. The van der Waals surface area contributed by atoms with E-state index in [1.165, 1.54) is 31.8 Å². The van der Waals surface area contributed by atoms with Crippen LogP contribution in [0.25, 0.3) is 34.2 Å². The van der Waals surface area contributed by atoms with Crippen LogP contribution in [0.3, 0.4) is 0 Å². The monoisotopic (exact) mass is 366 g/mol. The van der Waals surface area contributed by atoms with Gasteiger partial charge in [-0.3, -0.25) is 4.98 Å². The Balaban J connectivity index is 1.89. The van der Waals surface area contributed by atoms with Gasteiger partial charge in [0.2, 0.25) is 0 Å². The highest BCUT2D eigenvalue weighted by Gasteiger charge is 2.16. The molecular formula is C24H18N2S. The Morgan fingerprint density at radius 3 is 2.30 bits per heavy atom. The van der Waals surface area contributed by atoms with Crippen molar-refractivity contribution in [3.05, 3.63) is 83.5 Å². The van der Waals surface area contributed by atoms with Gasteiger partial charge in [0.05, 0.1) is 5.52 Å². The third kappa shape index (κ3) is 2.94. The summed E-state index contributed by atoms with van der Waals surface area (Å²) in [4.78, 5) is 10.6. The molecule has 0 spiro atoms. The zero-order valence-corrected chi connectivity index (χ0v) is 15.6. The smallest absolute Gasteiger partial charge is 0.101 e. The first-order chi connectivity index (χ1) is 13.4. The normalized spacial score (nSPS) is 12.9. The van der Waals surface area contributed by atoms with Gasteiger partial charge in [0.1, 0.15) is 5.03 Å². The van der Waals surface area contributed by atoms with Crippen molar-refractivity contribution in [1.82, 2.24) is 9.97 Å². The van der Waals surface area contributed by atoms with Crippen molar-refractivity contribution in [2.45, 2.75) is 22.8 Å². The van der Waals surface area contributed by atoms with Gasteiger partial charge in [-0.1, -0.05) is 66.4 Å². The Hall–Kier alpha value is -2.91. The number of pyridine rings is 2. The lowest BCUT2D eigenvalue weighted by Crippen LogP contribution is -2.31. The average molecular weight is 366 g/mol. The molecule has 2 aromatic heterocycles. The number of hydrogen-bond acceptors (Lipinski definition) is 3. The summed E-state index contributed by atoms with van der Waals surface area (Å²) in [6.07, 6.45) is 10.6. The fourth-order valence-corrected chi connectivity index (χ4v) is 4.75. The zero-order valence-electron chi connectivity index (χ0n) is 14.8. The summed E-state index contributed by atoms with van der Waals surface area (Å²) in [5, 5.41) is 4.82. The maximum absolute atomic E-state index is 4.80. The lowest BCUT2D eigenvalue weighted by Gasteiger charge is -2.15. The van der Waals surface area contributed by atoms with Gasteiger partial charge in [0.25, 0.3) is 0 Å². The molecule has 0 radical (unpaired) electrons. The first-order valence-corrected chi connectivity index (χ1v) is 9.99. The molecule has 27 heavy (non-hydrogen) atoms. The Kier molecular flexibility index (Phi) is 4.23. The maximum atomic E-state index is 4.80. The van der Waals surface area contributed by atoms with Gasteiger partial charge >= 0.3 is 0 Å².